The lowest BCUT2D eigenvalue weighted by Crippen LogP contribution is -2.63. The lowest BCUT2D eigenvalue weighted by molar-refractivity contribution is -0.138. The highest BCUT2D eigenvalue weighted by Crippen LogP contribution is 2.45. The number of carboxylic acids is 1. The number of nitrogens with zero attached hydrogens (tertiary/aromatic N) is 1. The Labute approximate surface area is 262 Å². The quantitative estimate of drug-likeness (QED) is 0.330. The standard InChI is InChI=1S/C31H33Cl2N3O6S/c1-43(41)35-25-11-4-5-12-26(25)36-28(23-14-13-20(32)16-24(23)33)27(21-9-2-3-10-22(21)30(36)38)29(37)34-42-17-18-7-6-8-19(15-18)31(39)40/h2-3,6-10,13,15-16,23,25-28,35H,4-5,11-12,14,17H2,1H3,(H,34,37)(H,39,40)/t23?,25-,26-,27+,28-,43?/m1/s1. The highest BCUT2D eigenvalue weighted by atomic mass is 35.5. The van der Waals surface area contributed by atoms with Gasteiger partial charge >= 0.3 is 5.97 Å². The molecule has 0 bridgehead atoms. The Hall–Kier alpha value is -3.02. The first-order valence-electron chi connectivity index (χ1n) is 14.1. The minimum Gasteiger partial charge on any atom is -0.478 e. The van der Waals surface area contributed by atoms with Crippen molar-refractivity contribution in [2.45, 2.75) is 62.8 Å². The number of aromatic carboxylic acids is 1. The Morgan fingerprint density at radius 3 is 2.63 bits per heavy atom. The number of carbonyl (C=O) groups excluding carboxylic acids is 2. The molecule has 2 aromatic carbocycles. The molecule has 3 aliphatic rings. The Kier molecular flexibility index (Phi) is 10.0. The van der Waals surface area contributed by atoms with E-state index in [2.05, 4.69) is 10.2 Å². The summed E-state index contributed by atoms with van der Waals surface area (Å²) in [5.74, 6) is -3.02. The predicted molar refractivity (Wildman–Crippen MR) is 165 cm³/mol. The molecule has 1 heterocycles. The van der Waals surface area contributed by atoms with Gasteiger partial charge in [-0.05, 0) is 54.7 Å². The minimum absolute atomic E-state index is 0.0616. The van der Waals surface area contributed by atoms with Crippen LogP contribution in [0.25, 0.3) is 0 Å². The molecule has 6 atom stereocenters. The second-order valence-electron chi connectivity index (χ2n) is 11.0. The molecule has 1 fully saturated rings. The summed E-state index contributed by atoms with van der Waals surface area (Å²) in [6.07, 6.45) is 8.70. The number of carboxylic acid groups (broad SMARTS) is 1. The van der Waals surface area contributed by atoms with E-state index in [0.29, 0.717) is 39.6 Å². The van der Waals surface area contributed by atoms with Crippen LogP contribution in [0.1, 0.15) is 69.9 Å². The summed E-state index contributed by atoms with van der Waals surface area (Å²) in [4.78, 5) is 47.2. The summed E-state index contributed by atoms with van der Waals surface area (Å²) < 4.78 is 15.4. The van der Waals surface area contributed by atoms with Gasteiger partial charge in [-0.3, -0.25) is 14.4 Å². The van der Waals surface area contributed by atoms with Crippen LogP contribution < -0.4 is 10.2 Å². The van der Waals surface area contributed by atoms with E-state index in [1.54, 1.807) is 53.6 Å². The molecule has 228 valence electrons. The maximum absolute atomic E-state index is 14.3. The summed E-state index contributed by atoms with van der Waals surface area (Å²) in [6, 6.07) is 12.1. The molecule has 2 aliphatic carbocycles. The van der Waals surface area contributed by atoms with Crippen LogP contribution in [-0.4, -0.2) is 56.4 Å². The monoisotopic (exact) mass is 645 g/mol. The third kappa shape index (κ3) is 6.89. The van der Waals surface area contributed by atoms with Crippen LogP contribution in [0.2, 0.25) is 0 Å². The average Bonchev–Trinajstić information content (AvgIpc) is 2.97. The first-order valence-corrected chi connectivity index (χ1v) is 16.4. The van der Waals surface area contributed by atoms with Crippen molar-refractivity contribution in [1.29, 1.82) is 0 Å². The number of carbonyl (C=O) groups is 3. The number of nitrogens with one attached hydrogen (secondary N) is 2. The number of hydroxylamine groups is 1. The number of amides is 2. The fourth-order valence-electron chi connectivity index (χ4n) is 6.47. The Morgan fingerprint density at radius 1 is 1.12 bits per heavy atom. The first-order chi connectivity index (χ1) is 20.7. The van der Waals surface area contributed by atoms with E-state index < -0.39 is 40.7 Å². The zero-order valence-electron chi connectivity index (χ0n) is 23.5. The van der Waals surface area contributed by atoms with Crippen molar-refractivity contribution < 1.29 is 28.5 Å². The summed E-state index contributed by atoms with van der Waals surface area (Å²) in [7, 11) is -1.31. The van der Waals surface area contributed by atoms with Gasteiger partial charge in [0.2, 0.25) is 0 Å². The van der Waals surface area contributed by atoms with Crippen molar-refractivity contribution in [2.24, 2.45) is 5.92 Å². The number of fused-ring (bicyclic) bond motifs is 1. The van der Waals surface area contributed by atoms with Gasteiger partial charge in [-0.2, -0.15) is 0 Å². The topological polar surface area (TPSA) is 125 Å². The van der Waals surface area contributed by atoms with Gasteiger partial charge in [0.05, 0.1) is 35.1 Å². The lowest BCUT2D eigenvalue weighted by atomic mass is 9.73. The molecule has 1 aliphatic heterocycles. The zero-order valence-corrected chi connectivity index (χ0v) is 25.8. The van der Waals surface area contributed by atoms with E-state index in [1.165, 1.54) is 12.1 Å². The summed E-state index contributed by atoms with van der Waals surface area (Å²) in [6.45, 7) is -0.0616. The molecule has 12 heteroatoms. The average molecular weight is 647 g/mol. The van der Waals surface area contributed by atoms with Crippen LogP contribution >= 0.6 is 23.2 Å². The number of halogens is 2. The fraction of sp³-hybridized carbons (Fsp3) is 0.387. The van der Waals surface area contributed by atoms with E-state index in [0.717, 1.165) is 19.3 Å². The summed E-state index contributed by atoms with van der Waals surface area (Å²) >= 11 is 13.1. The summed E-state index contributed by atoms with van der Waals surface area (Å²) in [5.41, 5.74) is 4.23. The minimum atomic E-state index is -1.31. The van der Waals surface area contributed by atoms with Crippen molar-refractivity contribution in [1.82, 2.24) is 15.1 Å². The smallest absolute Gasteiger partial charge is 0.335 e. The van der Waals surface area contributed by atoms with Gasteiger partial charge in [-0.15, -0.1) is 0 Å². The lowest BCUT2D eigenvalue weighted by Gasteiger charge is -2.51. The van der Waals surface area contributed by atoms with Crippen molar-refractivity contribution >= 4 is 52.0 Å². The summed E-state index contributed by atoms with van der Waals surface area (Å²) in [5, 5.41) is 10.2. The maximum atomic E-state index is 14.3. The molecular weight excluding hydrogens is 613 g/mol. The van der Waals surface area contributed by atoms with E-state index in [-0.39, 0.29) is 30.2 Å². The van der Waals surface area contributed by atoms with Gasteiger partial charge in [0.25, 0.3) is 11.8 Å². The molecule has 0 aromatic heterocycles. The Morgan fingerprint density at radius 2 is 1.88 bits per heavy atom. The van der Waals surface area contributed by atoms with Gasteiger partial charge in [0.1, 0.15) is 0 Å². The highest BCUT2D eigenvalue weighted by molar-refractivity contribution is 7.82. The van der Waals surface area contributed by atoms with Crippen molar-refractivity contribution in [2.75, 3.05) is 6.26 Å². The Bertz CT molecular complexity index is 1500. The van der Waals surface area contributed by atoms with Crippen LogP contribution in [0.3, 0.4) is 0 Å². The van der Waals surface area contributed by atoms with Crippen LogP contribution in [0, 0.1) is 5.92 Å². The molecule has 5 rings (SSSR count). The van der Waals surface area contributed by atoms with E-state index in [1.807, 2.05) is 6.08 Å². The Balaban J connectivity index is 1.52. The molecule has 2 aromatic rings. The van der Waals surface area contributed by atoms with Gasteiger partial charge < -0.3 is 10.0 Å². The zero-order chi connectivity index (χ0) is 30.7. The number of rotatable bonds is 9. The SMILES string of the molecule is CS(=O)N[C@@H]1CCCC[C@H]1N1C(=O)c2ccccc2[C@H](C(=O)NOCc2cccc(C(=O)O)c2)[C@H]1C1CC=C(Cl)C=C1Cl. The highest BCUT2D eigenvalue weighted by Gasteiger charge is 2.51. The number of benzene rings is 2. The van der Waals surface area contributed by atoms with Gasteiger partial charge in [0.15, 0.2) is 0 Å². The molecular formula is C31H33Cl2N3O6S. The number of hydrogen-bond acceptors (Lipinski definition) is 5. The largest absolute Gasteiger partial charge is 0.478 e. The fourth-order valence-corrected chi connectivity index (χ4v) is 7.77. The molecule has 43 heavy (non-hydrogen) atoms. The molecule has 0 radical (unpaired) electrons. The van der Waals surface area contributed by atoms with Crippen LogP contribution in [0.15, 0.2) is 70.7 Å². The van der Waals surface area contributed by atoms with E-state index in [9.17, 15) is 23.7 Å². The van der Waals surface area contributed by atoms with Crippen molar-refractivity contribution in [3.05, 3.63) is 93.0 Å². The van der Waals surface area contributed by atoms with Gasteiger partial charge in [-0.25, -0.2) is 19.2 Å². The maximum Gasteiger partial charge on any atom is 0.335 e. The molecule has 2 unspecified atom stereocenters. The van der Waals surface area contributed by atoms with Crippen LogP contribution in [0.5, 0.6) is 0 Å². The number of allylic oxidation sites excluding steroid dienone is 3. The second-order valence-corrected chi connectivity index (χ2v) is 13.0. The number of hydrogen-bond donors (Lipinski definition) is 3. The van der Waals surface area contributed by atoms with Crippen LogP contribution in [0.4, 0.5) is 0 Å². The second kappa shape index (κ2) is 13.7. The third-order valence-corrected chi connectivity index (χ3v) is 9.59. The van der Waals surface area contributed by atoms with Gasteiger partial charge in [-0.1, -0.05) is 72.5 Å². The van der Waals surface area contributed by atoms with Crippen molar-refractivity contribution in [3.8, 4) is 0 Å². The van der Waals surface area contributed by atoms with E-state index in [4.69, 9.17) is 28.0 Å². The predicted octanol–water partition coefficient (Wildman–Crippen LogP) is 5.00. The molecule has 3 N–H and O–H groups in total. The van der Waals surface area contributed by atoms with Crippen molar-refractivity contribution in [3.63, 3.8) is 0 Å². The van der Waals surface area contributed by atoms with Gasteiger partial charge in [0, 0.05) is 39.9 Å². The first kappa shape index (κ1) is 31.4. The third-order valence-electron chi connectivity index (χ3n) is 8.30. The normalized spacial score (nSPS) is 26.2. The molecule has 2 amide bonds. The molecule has 0 saturated heterocycles. The molecule has 9 nitrogen and oxygen atoms in total. The molecule has 1 saturated carbocycles. The molecule has 0 spiro atoms. The van der Waals surface area contributed by atoms with Crippen LogP contribution in [-0.2, 0) is 27.2 Å². The van der Waals surface area contributed by atoms with E-state index >= 15 is 0 Å².